The Balaban J connectivity index is 3.14. The Morgan fingerprint density at radius 3 is 2.29 bits per heavy atom. The summed E-state index contributed by atoms with van der Waals surface area (Å²) < 4.78 is 9.17. The third-order valence-electron chi connectivity index (χ3n) is 4.68. The molecule has 0 spiro atoms. The van der Waals surface area contributed by atoms with Gasteiger partial charge in [0.15, 0.2) is 0 Å². The van der Waals surface area contributed by atoms with Gasteiger partial charge in [-0.3, -0.25) is 4.68 Å². The van der Waals surface area contributed by atoms with Gasteiger partial charge in [0.25, 0.3) is 0 Å². The molecule has 0 aliphatic carbocycles. The lowest BCUT2D eigenvalue weighted by Gasteiger charge is -2.38. The fraction of sp³-hybridized carbons (Fsp3) is 0.812. The zero-order valence-corrected chi connectivity index (χ0v) is 15.9. The zero-order valence-electron chi connectivity index (χ0n) is 14.3. The normalized spacial score (nSPS) is 13.7. The van der Waals surface area contributed by atoms with E-state index in [1.54, 1.807) is 0 Å². The van der Waals surface area contributed by atoms with Gasteiger partial charge in [0.2, 0.25) is 0 Å². The Kier molecular flexibility index (Phi) is 7.37. The Labute approximate surface area is 137 Å². The molecule has 122 valence electrons. The van der Waals surface area contributed by atoms with E-state index in [2.05, 4.69) is 53.6 Å². The van der Waals surface area contributed by atoms with Gasteiger partial charge in [0.05, 0.1) is 21.5 Å². The Hall–Kier alpha value is -0.390. The van der Waals surface area contributed by atoms with Gasteiger partial charge in [-0.15, -0.1) is 0 Å². The smallest absolute Gasteiger partial charge is 0.0829 e. The number of nitrogens with zero attached hydrogens (tertiary/aromatic N) is 2. The maximum atomic E-state index is 5.90. The van der Waals surface area contributed by atoms with Crippen LogP contribution in [-0.2, 0) is 24.1 Å². The standard InChI is InChI=1S/C16H30BrN3O/c1-7-12-15(17)13(20(10-4)19-12)11-14(18-5)16(8-2,9-3)21-6/h14,18H,7-11H2,1-6H3. The molecule has 4 nitrogen and oxygen atoms in total. The second kappa shape index (κ2) is 8.30. The summed E-state index contributed by atoms with van der Waals surface area (Å²) in [4.78, 5) is 0. The summed E-state index contributed by atoms with van der Waals surface area (Å²) in [5, 5.41) is 8.16. The van der Waals surface area contributed by atoms with Crippen molar-refractivity contribution in [3.05, 3.63) is 15.9 Å². The van der Waals surface area contributed by atoms with Crippen LogP contribution in [0.3, 0.4) is 0 Å². The van der Waals surface area contributed by atoms with E-state index in [9.17, 15) is 0 Å². The van der Waals surface area contributed by atoms with E-state index in [1.165, 1.54) is 5.69 Å². The van der Waals surface area contributed by atoms with Crippen molar-refractivity contribution in [2.45, 2.75) is 71.6 Å². The van der Waals surface area contributed by atoms with Crippen LogP contribution in [0.15, 0.2) is 4.47 Å². The zero-order chi connectivity index (χ0) is 16.0. The van der Waals surface area contributed by atoms with Gasteiger partial charge in [0, 0.05) is 26.1 Å². The molecule has 0 saturated carbocycles. The van der Waals surface area contributed by atoms with Crippen LogP contribution in [0.1, 0.15) is 51.9 Å². The number of methoxy groups -OCH3 is 1. The van der Waals surface area contributed by atoms with Crippen molar-refractivity contribution in [3.63, 3.8) is 0 Å². The maximum absolute atomic E-state index is 5.90. The molecule has 1 N–H and O–H groups in total. The highest BCUT2D eigenvalue weighted by Crippen LogP contribution is 2.30. The molecule has 0 fully saturated rings. The summed E-state index contributed by atoms with van der Waals surface area (Å²) in [5.74, 6) is 0. The van der Waals surface area contributed by atoms with E-state index >= 15 is 0 Å². The number of hydrogen-bond acceptors (Lipinski definition) is 3. The monoisotopic (exact) mass is 359 g/mol. The minimum atomic E-state index is -0.136. The molecular weight excluding hydrogens is 330 g/mol. The molecule has 0 saturated heterocycles. The molecule has 5 heteroatoms. The molecule has 1 atom stereocenters. The molecule has 1 aromatic heterocycles. The third-order valence-corrected chi connectivity index (χ3v) is 5.59. The average Bonchev–Trinajstić information content (AvgIpc) is 2.83. The molecule has 0 radical (unpaired) electrons. The van der Waals surface area contributed by atoms with Gasteiger partial charge >= 0.3 is 0 Å². The van der Waals surface area contributed by atoms with Crippen LogP contribution < -0.4 is 5.32 Å². The first-order valence-corrected chi connectivity index (χ1v) is 8.79. The first kappa shape index (κ1) is 18.7. The number of ether oxygens (including phenoxy) is 1. The number of aryl methyl sites for hydroxylation is 2. The summed E-state index contributed by atoms with van der Waals surface area (Å²) >= 11 is 3.74. The van der Waals surface area contributed by atoms with E-state index in [1.807, 2.05) is 14.2 Å². The van der Waals surface area contributed by atoms with E-state index in [-0.39, 0.29) is 11.6 Å². The van der Waals surface area contributed by atoms with Crippen molar-refractivity contribution in [2.24, 2.45) is 0 Å². The molecule has 1 unspecified atom stereocenters. The number of likely N-dealkylation sites (N-methyl/N-ethyl adjacent to an activating group) is 1. The van der Waals surface area contributed by atoms with Crippen LogP contribution in [0.5, 0.6) is 0 Å². The van der Waals surface area contributed by atoms with Crippen molar-refractivity contribution >= 4 is 15.9 Å². The van der Waals surface area contributed by atoms with Crippen molar-refractivity contribution < 1.29 is 4.74 Å². The second-order valence-electron chi connectivity index (χ2n) is 5.40. The first-order chi connectivity index (χ1) is 10.0. The summed E-state index contributed by atoms with van der Waals surface area (Å²) in [6.45, 7) is 9.56. The fourth-order valence-corrected chi connectivity index (χ4v) is 3.86. The molecule has 1 aromatic rings. The molecule has 0 aromatic carbocycles. The van der Waals surface area contributed by atoms with Gasteiger partial charge in [-0.25, -0.2) is 0 Å². The van der Waals surface area contributed by atoms with Crippen LogP contribution >= 0.6 is 15.9 Å². The Bertz CT molecular complexity index is 433. The summed E-state index contributed by atoms with van der Waals surface area (Å²) in [7, 11) is 3.84. The maximum Gasteiger partial charge on any atom is 0.0829 e. The van der Waals surface area contributed by atoms with Crippen LogP contribution in [0.2, 0.25) is 0 Å². The van der Waals surface area contributed by atoms with Crippen LogP contribution in [-0.4, -0.2) is 35.6 Å². The molecule has 21 heavy (non-hydrogen) atoms. The van der Waals surface area contributed by atoms with Crippen LogP contribution in [0, 0.1) is 0 Å². The lowest BCUT2D eigenvalue weighted by Crippen LogP contribution is -2.51. The van der Waals surface area contributed by atoms with Gasteiger partial charge in [-0.2, -0.15) is 5.10 Å². The molecule has 0 bridgehead atoms. The molecule has 1 rings (SSSR count). The Morgan fingerprint density at radius 1 is 1.29 bits per heavy atom. The number of nitrogens with one attached hydrogen (secondary N) is 1. The number of hydrogen-bond donors (Lipinski definition) is 1. The number of aromatic nitrogens is 2. The van der Waals surface area contributed by atoms with E-state index in [0.29, 0.717) is 0 Å². The molecule has 1 heterocycles. The topological polar surface area (TPSA) is 39.1 Å². The third kappa shape index (κ3) is 3.69. The van der Waals surface area contributed by atoms with Crippen molar-refractivity contribution in [3.8, 4) is 0 Å². The fourth-order valence-electron chi connectivity index (χ4n) is 3.13. The minimum Gasteiger partial charge on any atom is -0.377 e. The van der Waals surface area contributed by atoms with Gasteiger partial charge in [-0.1, -0.05) is 20.8 Å². The first-order valence-electron chi connectivity index (χ1n) is 7.99. The molecular formula is C16H30BrN3O. The van der Waals surface area contributed by atoms with Gasteiger partial charge < -0.3 is 10.1 Å². The molecule has 0 aliphatic rings. The van der Waals surface area contributed by atoms with Gasteiger partial charge in [0.1, 0.15) is 0 Å². The van der Waals surface area contributed by atoms with Crippen molar-refractivity contribution in [1.29, 1.82) is 0 Å². The average molecular weight is 360 g/mol. The number of rotatable bonds is 9. The van der Waals surface area contributed by atoms with Crippen LogP contribution in [0.4, 0.5) is 0 Å². The van der Waals surface area contributed by atoms with Crippen molar-refractivity contribution in [1.82, 2.24) is 15.1 Å². The lowest BCUT2D eigenvalue weighted by atomic mass is 9.85. The summed E-state index contributed by atoms with van der Waals surface area (Å²) in [5.41, 5.74) is 2.26. The second-order valence-corrected chi connectivity index (χ2v) is 6.19. The highest BCUT2D eigenvalue weighted by molar-refractivity contribution is 9.10. The number of halogens is 1. The van der Waals surface area contributed by atoms with E-state index in [0.717, 1.165) is 42.4 Å². The van der Waals surface area contributed by atoms with Crippen molar-refractivity contribution in [2.75, 3.05) is 14.2 Å². The highest BCUT2D eigenvalue weighted by atomic mass is 79.9. The largest absolute Gasteiger partial charge is 0.377 e. The van der Waals surface area contributed by atoms with Crippen LogP contribution in [0.25, 0.3) is 0 Å². The van der Waals surface area contributed by atoms with E-state index < -0.39 is 0 Å². The molecule has 0 amide bonds. The summed E-state index contributed by atoms with van der Waals surface area (Å²) in [6, 6.07) is 0.264. The predicted octanol–water partition coefficient (Wildman–Crippen LogP) is 3.56. The predicted molar refractivity (Wildman–Crippen MR) is 91.9 cm³/mol. The minimum absolute atomic E-state index is 0.136. The highest BCUT2D eigenvalue weighted by Gasteiger charge is 2.36. The SMILES string of the molecule is CCc1nn(CC)c(CC(NC)C(CC)(CC)OC)c1Br. The summed E-state index contributed by atoms with van der Waals surface area (Å²) in [6.07, 6.45) is 3.84. The Morgan fingerprint density at radius 2 is 1.90 bits per heavy atom. The van der Waals surface area contributed by atoms with Gasteiger partial charge in [-0.05, 0) is 49.2 Å². The molecule has 0 aliphatic heterocycles. The van der Waals surface area contributed by atoms with E-state index in [4.69, 9.17) is 9.84 Å². The lowest BCUT2D eigenvalue weighted by molar-refractivity contribution is -0.0458. The quantitative estimate of drug-likeness (QED) is 0.732.